The fourth-order valence-corrected chi connectivity index (χ4v) is 1.97. The summed E-state index contributed by atoms with van der Waals surface area (Å²) in [6.07, 6.45) is 0. The van der Waals surface area contributed by atoms with Crippen LogP contribution in [0.5, 0.6) is 0 Å². The zero-order valence-corrected chi connectivity index (χ0v) is 10.2. The van der Waals surface area contributed by atoms with Crippen molar-refractivity contribution >= 4 is 5.91 Å². The largest absolute Gasteiger partial charge is 0.358 e. The van der Waals surface area contributed by atoms with Gasteiger partial charge in [0.05, 0.1) is 18.2 Å². The van der Waals surface area contributed by atoms with Gasteiger partial charge in [-0.25, -0.2) is 0 Å². The third kappa shape index (κ3) is 2.94. The highest BCUT2D eigenvalue weighted by atomic mass is 16.2. The Balaban J connectivity index is 2.43. The van der Waals surface area contributed by atoms with E-state index in [1.807, 2.05) is 13.8 Å². The molecule has 0 aromatic rings. The molecule has 1 heterocycles. The van der Waals surface area contributed by atoms with Gasteiger partial charge in [0.2, 0.25) is 5.91 Å². The van der Waals surface area contributed by atoms with Crippen LogP contribution in [0.25, 0.3) is 0 Å². The number of piperazine rings is 1. The van der Waals surface area contributed by atoms with Gasteiger partial charge in [0.1, 0.15) is 0 Å². The van der Waals surface area contributed by atoms with Gasteiger partial charge >= 0.3 is 0 Å². The molecule has 5 heteroatoms. The maximum atomic E-state index is 11.5. The summed E-state index contributed by atoms with van der Waals surface area (Å²) >= 11 is 0. The molecule has 0 spiro atoms. The number of likely N-dealkylation sites (N-methyl/N-ethyl adjacent to an activating group) is 1. The SMILES string of the molecule is CNC(=O)C(C)N1CCN(C(C)C#N)CC1. The van der Waals surface area contributed by atoms with Crippen molar-refractivity contribution in [3.63, 3.8) is 0 Å². The summed E-state index contributed by atoms with van der Waals surface area (Å²) in [6.45, 7) is 7.24. The molecular formula is C11H20N4O. The van der Waals surface area contributed by atoms with Crippen LogP contribution in [-0.2, 0) is 4.79 Å². The quantitative estimate of drug-likeness (QED) is 0.712. The lowest BCUT2D eigenvalue weighted by molar-refractivity contribution is -0.126. The van der Waals surface area contributed by atoms with Crippen molar-refractivity contribution in [2.75, 3.05) is 33.2 Å². The van der Waals surface area contributed by atoms with Gasteiger partial charge in [-0.1, -0.05) is 0 Å². The molecule has 1 fully saturated rings. The van der Waals surface area contributed by atoms with Crippen LogP contribution < -0.4 is 5.32 Å². The fraction of sp³-hybridized carbons (Fsp3) is 0.818. The van der Waals surface area contributed by atoms with E-state index < -0.39 is 0 Å². The molecule has 16 heavy (non-hydrogen) atoms. The molecular weight excluding hydrogens is 204 g/mol. The standard InChI is InChI=1S/C11H20N4O/c1-9(8-12)14-4-6-15(7-5-14)10(2)11(16)13-3/h9-10H,4-7H2,1-3H3,(H,13,16). The second-order valence-electron chi connectivity index (χ2n) is 4.17. The van der Waals surface area contributed by atoms with Crippen LogP contribution in [0.1, 0.15) is 13.8 Å². The Morgan fingerprint density at radius 2 is 1.75 bits per heavy atom. The highest BCUT2D eigenvalue weighted by Crippen LogP contribution is 2.08. The average molecular weight is 224 g/mol. The van der Waals surface area contributed by atoms with Gasteiger partial charge < -0.3 is 5.32 Å². The van der Waals surface area contributed by atoms with Gasteiger partial charge in [-0.2, -0.15) is 5.26 Å². The van der Waals surface area contributed by atoms with Crippen LogP contribution in [0.3, 0.4) is 0 Å². The van der Waals surface area contributed by atoms with E-state index >= 15 is 0 Å². The van der Waals surface area contributed by atoms with E-state index in [1.54, 1.807) is 7.05 Å². The first kappa shape index (κ1) is 12.9. The van der Waals surface area contributed by atoms with Crippen LogP contribution in [0.4, 0.5) is 0 Å². The van der Waals surface area contributed by atoms with Gasteiger partial charge in [0.15, 0.2) is 0 Å². The topological polar surface area (TPSA) is 59.4 Å². The minimum atomic E-state index is -0.0791. The van der Waals surface area contributed by atoms with E-state index in [4.69, 9.17) is 5.26 Å². The number of nitrogens with one attached hydrogen (secondary N) is 1. The number of nitrogens with zero attached hydrogens (tertiary/aromatic N) is 3. The molecule has 90 valence electrons. The molecule has 1 aliphatic rings. The Hall–Kier alpha value is -1.12. The lowest BCUT2D eigenvalue weighted by Crippen LogP contribution is -2.54. The van der Waals surface area contributed by atoms with E-state index in [2.05, 4.69) is 21.2 Å². The molecule has 1 N–H and O–H groups in total. The number of carbonyl (C=O) groups is 1. The first-order valence-corrected chi connectivity index (χ1v) is 5.69. The van der Waals surface area contributed by atoms with Crippen LogP contribution in [0, 0.1) is 11.3 Å². The molecule has 1 saturated heterocycles. The molecule has 1 aliphatic heterocycles. The van der Waals surface area contributed by atoms with E-state index in [0.29, 0.717) is 0 Å². The summed E-state index contributed by atoms with van der Waals surface area (Å²) in [7, 11) is 1.66. The van der Waals surface area contributed by atoms with Crippen molar-refractivity contribution < 1.29 is 4.79 Å². The molecule has 0 aromatic carbocycles. The van der Waals surface area contributed by atoms with E-state index in [1.165, 1.54) is 0 Å². The molecule has 1 rings (SSSR count). The minimum absolute atomic E-state index is 0.0301. The van der Waals surface area contributed by atoms with Crippen LogP contribution >= 0.6 is 0 Å². The molecule has 0 aliphatic carbocycles. The lowest BCUT2D eigenvalue weighted by Gasteiger charge is -2.38. The number of nitriles is 1. The first-order valence-electron chi connectivity index (χ1n) is 5.69. The monoisotopic (exact) mass is 224 g/mol. The Morgan fingerprint density at radius 3 is 2.19 bits per heavy atom. The molecule has 0 saturated carbocycles. The molecule has 2 unspecified atom stereocenters. The second-order valence-corrected chi connectivity index (χ2v) is 4.17. The normalized spacial score (nSPS) is 22.1. The zero-order valence-electron chi connectivity index (χ0n) is 10.2. The molecule has 0 radical (unpaired) electrons. The van der Waals surface area contributed by atoms with Gasteiger partial charge in [-0.15, -0.1) is 0 Å². The minimum Gasteiger partial charge on any atom is -0.358 e. The lowest BCUT2D eigenvalue weighted by atomic mass is 10.2. The third-order valence-electron chi connectivity index (χ3n) is 3.26. The summed E-state index contributed by atoms with van der Waals surface area (Å²) < 4.78 is 0. The Labute approximate surface area is 97.0 Å². The predicted octanol–water partition coefficient (Wildman–Crippen LogP) is -0.349. The van der Waals surface area contributed by atoms with Crippen LogP contribution in [0.2, 0.25) is 0 Å². The number of hydrogen-bond donors (Lipinski definition) is 1. The number of hydrogen-bond acceptors (Lipinski definition) is 4. The number of rotatable bonds is 3. The van der Waals surface area contributed by atoms with E-state index in [9.17, 15) is 4.79 Å². The van der Waals surface area contributed by atoms with Crippen LogP contribution in [0.15, 0.2) is 0 Å². The van der Waals surface area contributed by atoms with Crippen molar-refractivity contribution in [1.29, 1.82) is 5.26 Å². The van der Waals surface area contributed by atoms with Crippen molar-refractivity contribution in [3.8, 4) is 6.07 Å². The molecule has 2 atom stereocenters. The summed E-state index contributed by atoms with van der Waals surface area (Å²) in [6, 6.07) is 2.13. The van der Waals surface area contributed by atoms with Gasteiger partial charge in [0, 0.05) is 33.2 Å². The van der Waals surface area contributed by atoms with Crippen molar-refractivity contribution in [3.05, 3.63) is 0 Å². The molecule has 0 aromatic heterocycles. The highest BCUT2D eigenvalue weighted by molar-refractivity contribution is 5.80. The zero-order chi connectivity index (χ0) is 12.1. The average Bonchev–Trinajstić information content (AvgIpc) is 2.36. The summed E-state index contributed by atoms with van der Waals surface area (Å²) in [5.74, 6) is 0.0572. The van der Waals surface area contributed by atoms with Crippen molar-refractivity contribution in [2.45, 2.75) is 25.9 Å². The Morgan fingerprint density at radius 1 is 1.25 bits per heavy atom. The van der Waals surface area contributed by atoms with Gasteiger partial charge in [0.25, 0.3) is 0 Å². The van der Waals surface area contributed by atoms with Gasteiger partial charge in [-0.3, -0.25) is 14.6 Å². The summed E-state index contributed by atoms with van der Waals surface area (Å²) in [5.41, 5.74) is 0. The predicted molar refractivity (Wildman–Crippen MR) is 61.7 cm³/mol. The first-order chi connectivity index (χ1) is 7.60. The number of amides is 1. The summed E-state index contributed by atoms with van der Waals surface area (Å²) in [5, 5.41) is 11.5. The number of carbonyl (C=O) groups excluding carboxylic acids is 1. The third-order valence-corrected chi connectivity index (χ3v) is 3.26. The molecule has 0 bridgehead atoms. The van der Waals surface area contributed by atoms with E-state index in [-0.39, 0.29) is 18.0 Å². The maximum Gasteiger partial charge on any atom is 0.236 e. The van der Waals surface area contributed by atoms with Gasteiger partial charge in [-0.05, 0) is 13.8 Å². The Bertz CT molecular complexity index is 278. The smallest absolute Gasteiger partial charge is 0.236 e. The van der Waals surface area contributed by atoms with Crippen molar-refractivity contribution in [1.82, 2.24) is 15.1 Å². The highest BCUT2D eigenvalue weighted by Gasteiger charge is 2.26. The Kier molecular flexibility index (Phi) is 4.71. The molecule has 5 nitrogen and oxygen atoms in total. The molecule has 1 amide bonds. The fourth-order valence-electron chi connectivity index (χ4n) is 1.97. The van der Waals surface area contributed by atoms with Crippen molar-refractivity contribution in [2.24, 2.45) is 0 Å². The second kappa shape index (κ2) is 5.83. The van der Waals surface area contributed by atoms with Crippen LogP contribution in [-0.4, -0.2) is 61.0 Å². The van der Waals surface area contributed by atoms with E-state index in [0.717, 1.165) is 26.2 Å². The summed E-state index contributed by atoms with van der Waals surface area (Å²) in [4.78, 5) is 15.8. The maximum absolute atomic E-state index is 11.5.